The van der Waals surface area contributed by atoms with Crippen LogP contribution in [0.3, 0.4) is 0 Å². The lowest BCUT2D eigenvalue weighted by atomic mass is 10.0. The highest BCUT2D eigenvalue weighted by molar-refractivity contribution is 5.88. The molecule has 0 fully saturated rings. The molecule has 2 rings (SSSR count). The van der Waals surface area contributed by atoms with Crippen molar-refractivity contribution in [3.8, 4) is 0 Å². The lowest BCUT2D eigenvalue weighted by Crippen LogP contribution is -2.50. The Hall–Kier alpha value is -2.66. The molecule has 2 amide bonds. The van der Waals surface area contributed by atoms with Crippen molar-refractivity contribution in [2.45, 2.75) is 38.8 Å². The van der Waals surface area contributed by atoms with Crippen LogP contribution >= 0.6 is 0 Å². The number of aliphatic hydroxyl groups excluding tert-OH is 1. The van der Waals surface area contributed by atoms with Gasteiger partial charge in [-0.05, 0) is 17.5 Å². The van der Waals surface area contributed by atoms with Crippen LogP contribution in [0.4, 0.5) is 0 Å². The summed E-state index contributed by atoms with van der Waals surface area (Å²) in [6.45, 7) is 2.37. The number of aliphatic hydroxyl groups is 1. The summed E-state index contributed by atoms with van der Waals surface area (Å²) in [7, 11) is 0. The molecule has 5 heteroatoms. The van der Waals surface area contributed by atoms with Crippen LogP contribution in [0.2, 0.25) is 0 Å². The van der Waals surface area contributed by atoms with E-state index in [1.807, 2.05) is 67.6 Å². The van der Waals surface area contributed by atoms with Crippen molar-refractivity contribution in [3.63, 3.8) is 0 Å². The molecule has 0 aliphatic heterocycles. The van der Waals surface area contributed by atoms with E-state index < -0.39 is 6.04 Å². The Morgan fingerprint density at radius 2 is 1.59 bits per heavy atom. The van der Waals surface area contributed by atoms with Gasteiger partial charge in [0.1, 0.15) is 6.04 Å². The van der Waals surface area contributed by atoms with Gasteiger partial charge in [0, 0.05) is 25.9 Å². The molecular weight excluding hydrogens is 340 g/mol. The molecular formula is C22H28N2O3. The van der Waals surface area contributed by atoms with Gasteiger partial charge in [-0.15, -0.1) is 0 Å². The predicted octanol–water partition coefficient (Wildman–Crippen LogP) is 2.54. The Kier molecular flexibility index (Phi) is 8.52. The molecule has 0 bridgehead atoms. The summed E-state index contributed by atoms with van der Waals surface area (Å²) < 4.78 is 0. The molecule has 0 aliphatic rings. The average Bonchev–Trinajstić information content (AvgIpc) is 2.70. The molecule has 2 aromatic carbocycles. The number of amides is 2. The summed E-state index contributed by atoms with van der Waals surface area (Å²) >= 11 is 0. The second-order valence-electron chi connectivity index (χ2n) is 6.48. The van der Waals surface area contributed by atoms with E-state index >= 15 is 0 Å². The topological polar surface area (TPSA) is 69.6 Å². The second kappa shape index (κ2) is 11.1. The molecule has 27 heavy (non-hydrogen) atoms. The third kappa shape index (κ3) is 6.53. The van der Waals surface area contributed by atoms with E-state index in [4.69, 9.17) is 5.11 Å². The molecule has 0 aromatic heterocycles. The van der Waals surface area contributed by atoms with Gasteiger partial charge < -0.3 is 15.3 Å². The largest absolute Gasteiger partial charge is 0.395 e. The fourth-order valence-electron chi connectivity index (χ4n) is 2.99. The van der Waals surface area contributed by atoms with E-state index in [2.05, 4.69) is 5.32 Å². The third-order valence-electron chi connectivity index (χ3n) is 4.34. The van der Waals surface area contributed by atoms with Crippen LogP contribution in [-0.2, 0) is 22.6 Å². The number of hydrogen-bond donors (Lipinski definition) is 2. The minimum atomic E-state index is -0.627. The van der Waals surface area contributed by atoms with Crippen LogP contribution in [0, 0.1) is 0 Å². The van der Waals surface area contributed by atoms with Crippen LogP contribution in [-0.4, -0.2) is 41.0 Å². The number of nitrogens with zero attached hydrogens (tertiary/aromatic N) is 1. The van der Waals surface area contributed by atoms with Crippen molar-refractivity contribution in [2.75, 3.05) is 13.2 Å². The summed E-state index contributed by atoms with van der Waals surface area (Å²) in [5.41, 5.74) is 1.97. The number of carbonyl (C=O) groups excluding carboxylic acids is 2. The van der Waals surface area contributed by atoms with Crippen LogP contribution in [0.25, 0.3) is 0 Å². The molecule has 0 heterocycles. The first-order valence-electron chi connectivity index (χ1n) is 9.41. The van der Waals surface area contributed by atoms with Gasteiger partial charge >= 0.3 is 0 Å². The minimum absolute atomic E-state index is 0.0403. The average molecular weight is 368 g/mol. The van der Waals surface area contributed by atoms with Gasteiger partial charge in [-0.2, -0.15) is 0 Å². The van der Waals surface area contributed by atoms with Gasteiger partial charge in [0.25, 0.3) is 0 Å². The molecule has 0 radical (unpaired) electrons. The molecule has 2 N–H and O–H groups in total. The summed E-state index contributed by atoms with van der Waals surface area (Å²) in [4.78, 5) is 27.4. The van der Waals surface area contributed by atoms with E-state index in [-0.39, 0.29) is 25.0 Å². The van der Waals surface area contributed by atoms with Gasteiger partial charge in [0.2, 0.25) is 11.8 Å². The first kappa shape index (κ1) is 20.6. The maximum absolute atomic E-state index is 12.9. The molecule has 5 nitrogen and oxygen atoms in total. The van der Waals surface area contributed by atoms with Gasteiger partial charge in [0.05, 0.1) is 6.61 Å². The molecule has 0 unspecified atom stereocenters. The monoisotopic (exact) mass is 368 g/mol. The highest BCUT2D eigenvalue weighted by Gasteiger charge is 2.29. The first-order chi connectivity index (χ1) is 13.2. The van der Waals surface area contributed by atoms with Crippen LogP contribution in [0.1, 0.15) is 30.9 Å². The maximum Gasteiger partial charge on any atom is 0.243 e. The van der Waals surface area contributed by atoms with Crippen LogP contribution < -0.4 is 5.32 Å². The Morgan fingerprint density at radius 1 is 1.00 bits per heavy atom. The number of nitrogens with one attached hydrogen (secondary N) is 1. The van der Waals surface area contributed by atoms with Crippen LogP contribution in [0.5, 0.6) is 0 Å². The number of carbonyl (C=O) groups is 2. The van der Waals surface area contributed by atoms with Crippen molar-refractivity contribution < 1.29 is 14.7 Å². The fourth-order valence-corrected chi connectivity index (χ4v) is 2.99. The van der Waals surface area contributed by atoms with E-state index in [0.29, 0.717) is 19.4 Å². The molecule has 2 aromatic rings. The van der Waals surface area contributed by atoms with E-state index in [9.17, 15) is 9.59 Å². The van der Waals surface area contributed by atoms with Crippen molar-refractivity contribution >= 4 is 11.8 Å². The quantitative estimate of drug-likeness (QED) is 0.677. The third-order valence-corrected chi connectivity index (χ3v) is 4.34. The molecule has 0 saturated heterocycles. The van der Waals surface area contributed by atoms with E-state index in [1.165, 1.54) is 0 Å². The zero-order chi connectivity index (χ0) is 19.5. The molecule has 0 saturated carbocycles. The number of benzene rings is 2. The van der Waals surface area contributed by atoms with Crippen molar-refractivity contribution in [3.05, 3.63) is 71.8 Å². The van der Waals surface area contributed by atoms with E-state index in [1.54, 1.807) is 4.90 Å². The zero-order valence-corrected chi connectivity index (χ0v) is 15.8. The molecule has 1 atom stereocenters. The standard InChI is InChI=1S/C22H28N2O3/c1-2-9-21(26)24(17-19-12-7-4-8-13-19)20(22(27)23-14-15-25)16-18-10-5-3-6-11-18/h3-8,10-13,20,25H,2,9,14-17H2,1H3,(H,23,27)/t20-/m1/s1. The highest BCUT2D eigenvalue weighted by atomic mass is 16.3. The summed E-state index contributed by atoms with van der Waals surface area (Å²) in [6.07, 6.45) is 1.55. The molecule has 0 spiro atoms. The normalized spacial score (nSPS) is 11.6. The first-order valence-corrected chi connectivity index (χ1v) is 9.41. The summed E-state index contributed by atoms with van der Waals surface area (Å²) in [6, 6.07) is 18.7. The zero-order valence-electron chi connectivity index (χ0n) is 15.8. The van der Waals surface area contributed by atoms with Crippen molar-refractivity contribution in [2.24, 2.45) is 0 Å². The van der Waals surface area contributed by atoms with Crippen LogP contribution in [0.15, 0.2) is 60.7 Å². The van der Waals surface area contributed by atoms with Crippen molar-refractivity contribution in [1.82, 2.24) is 10.2 Å². The van der Waals surface area contributed by atoms with Gasteiger partial charge in [-0.3, -0.25) is 9.59 Å². The summed E-state index contributed by atoms with van der Waals surface area (Å²) in [5.74, 6) is -0.283. The Balaban J connectivity index is 2.31. The lowest BCUT2D eigenvalue weighted by Gasteiger charge is -2.31. The minimum Gasteiger partial charge on any atom is -0.395 e. The van der Waals surface area contributed by atoms with Gasteiger partial charge in [-0.1, -0.05) is 67.6 Å². The second-order valence-corrected chi connectivity index (χ2v) is 6.48. The number of rotatable bonds is 10. The molecule has 0 aliphatic carbocycles. The van der Waals surface area contributed by atoms with Gasteiger partial charge in [-0.25, -0.2) is 0 Å². The van der Waals surface area contributed by atoms with Crippen molar-refractivity contribution in [1.29, 1.82) is 0 Å². The maximum atomic E-state index is 12.9. The lowest BCUT2D eigenvalue weighted by molar-refractivity contribution is -0.141. The Bertz CT molecular complexity index is 704. The smallest absolute Gasteiger partial charge is 0.243 e. The fraction of sp³-hybridized carbons (Fsp3) is 0.364. The SMILES string of the molecule is CCCC(=O)N(Cc1ccccc1)[C@H](Cc1ccccc1)C(=O)NCCO. The Labute approximate surface area is 161 Å². The Morgan fingerprint density at radius 3 is 2.15 bits per heavy atom. The van der Waals surface area contributed by atoms with Gasteiger partial charge in [0.15, 0.2) is 0 Å². The number of hydrogen-bond acceptors (Lipinski definition) is 3. The predicted molar refractivity (Wildman–Crippen MR) is 106 cm³/mol. The molecule has 144 valence electrons. The highest BCUT2D eigenvalue weighted by Crippen LogP contribution is 2.16. The van der Waals surface area contributed by atoms with E-state index in [0.717, 1.165) is 17.5 Å². The summed E-state index contributed by atoms with van der Waals surface area (Å²) in [5, 5.41) is 11.8.